The summed E-state index contributed by atoms with van der Waals surface area (Å²) < 4.78 is 67.4. The van der Waals surface area contributed by atoms with Gasteiger partial charge in [0.15, 0.2) is 0 Å². The Morgan fingerprint density at radius 3 is 2.05 bits per heavy atom. The molecule has 0 radical (unpaired) electrons. The van der Waals surface area contributed by atoms with Gasteiger partial charge in [0, 0.05) is 0 Å². The van der Waals surface area contributed by atoms with Crippen LogP contribution >= 0.6 is 12.4 Å². The number of benzene rings is 1. The number of halogens is 6. The molecule has 1 aromatic rings. The number of rotatable bonds is 3. The summed E-state index contributed by atoms with van der Waals surface area (Å²) in [5.41, 5.74) is 5.15. The van der Waals surface area contributed by atoms with Gasteiger partial charge in [0.05, 0.1) is 7.11 Å². The molecular weight excluding hydrogens is 293 g/mol. The van der Waals surface area contributed by atoms with Crippen LogP contribution in [0.15, 0.2) is 18.2 Å². The molecule has 0 aliphatic rings. The van der Waals surface area contributed by atoms with Gasteiger partial charge >= 0.3 is 12.1 Å². The molecular formula is C11H13ClF5NO. The fourth-order valence-corrected chi connectivity index (χ4v) is 1.48. The van der Waals surface area contributed by atoms with Crippen LogP contribution in [0.5, 0.6) is 5.75 Å². The molecule has 110 valence electrons. The zero-order chi connectivity index (χ0) is 14.1. The number of hydrogen-bond donors (Lipinski definition) is 1. The number of alkyl halides is 5. The Bertz CT molecular complexity index is 436. The van der Waals surface area contributed by atoms with E-state index in [-0.39, 0.29) is 18.0 Å². The van der Waals surface area contributed by atoms with Crippen molar-refractivity contribution in [1.29, 1.82) is 0 Å². The molecule has 0 bridgehead atoms. The Morgan fingerprint density at radius 2 is 1.68 bits per heavy atom. The van der Waals surface area contributed by atoms with E-state index < -0.39 is 18.1 Å². The molecule has 19 heavy (non-hydrogen) atoms. The number of hydrogen-bond acceptors (Lipinski definition) is 2. The molecule has 0 saturated heterocycles. The van der Waals surface area contributed by atoms with Gasteiger partial charge < -0.3 is 10.5 Å². The second-order valence-corrected chi connectivity index (χ2v) is 3.83. The van der Waals surface area contributed by atoms with Gasteiger partial charge in [-0.1, -0.05) is 12.1 Å². The van der Waals surface area contributed by atoms with Crippen molar-refractivity contribution >= 4 is 12.4 Å². The monoisotopic (exact) mass is 305 g/mol. The number of nitrogens with two attached hydrogens (primary N) is 1. The van der Waals surface area contributed by atoms with Gasteiger partial charge in [0.2, 0.25) is 0 Å². The van der Waals surface area contributed by atoms with Crippen molar-refractivity contribution in [3.05, 3.63) is 29.3 Å². The lowest BCUT2D eigenvalue weighted by atomic mass is 9.99. The number of aryl methyl sites for hydroxylation is 1. The highest BCUT2D eigenvalue weighted by atomic mass is 35.5. The fraction of sp³-hybridized carbons (Fsp3) is 0.455. The first-order chi connectivity index (χ1) is 8.11. The molecule has 0 heterocycles. The predicted octanol–water partition coefficient (Wildman–Crippen LogP) is 3.62. The lowest BCUT2D eigenvalue weighted by Crippen LogP contribution is -2.45. The van der Waals surface area contributed by atoms with Gasteiger partial charge in [0.1, 0.15) is 11.8 Å². The zero-order valence-electron chi connectivity index (χ0n) is 10.1. The van der Waals surface area contributed by atoms with E-state index in [1.807, 2.05) is 0 Å². The minimum atomic E-state index is -5.68. The molecule has 1 aromatic carbocycles. The lowest BCUT2D eigenvalue weighted by molar-refractivity contribution is -0.291. The van der Waals surface area contributed by atoms with Gasteiger partial charge in [0.25, 0.3) is 0 Å². The molecule has 0 aliphatic heterocycles. The normalized spacial score (nSPS) is 13.7. The van der Waals surface area contributed by atoms with E-state index in [9.17, 15) is 22.0 Å². The van der Waals surface area contributed by atoms with E-state index in [0.29, 0.717) is 11.3 Å². The predicted molar refractivity (Wildman–Crippen MR) is 62.9 cm³/mol. The van der Waals surface area contributed by atoms with Crippen molar-refractivity contribution in [2.75, 3.05) is 7.11 Å². The van der Waals surface area contributed by atoms with E-state index in [1.165, 1.54) is 20.1 Å². The second-order valence-electron chi connectivity index (χ2n) is 3.83. The standard InChI is InChI=1S/C11H12F5NO.ClH/c1-6-5-7(3-4-8(6)18-2)9(17)10(12,13)11(14,15)16;/h3-5,9H,17H2,1-2H3;1H/t9-;/m1./s1. The molecule has 0 fully saturated rings. The summed E-state index contributed by atoms with van der Waals surface area (Å²) in [6, 6.07) is 1.11. The van der Waals surface area contributed by atoms with Crippen LogP contribution in [0, 0.1) is 6.92 Å². The van der Waals surface area contributed by atoms with Crippen LogP contribution in [0.2, 0.25) is 0 Å². The maximum Gasteiger partial charge on any atom is 0.455 e. The van der Waals surface area contributed by atoms with Crippen molar-refractivity contribution < 1.29 is 26.7 Å². The van der Waals surface area contributed by atoms with E-state index in [4.69, 9.17) is 10.5 Å². The van der Waals surface area contributed by atoms with Crippen LogP contribution in [-0.4, -0.2) is 19.2 Å². The second kappa shape index (κ2) is 5.92. The van der Waals surface area contributed by atoms with Crippen LogP contribution in [0.3, 0.4) is 0 Å². The Labute approximate surface area is 113 Å². The summed E-state index contributed by atoms with van der Waals surface area (Å²) in [6.45, 7) is 1.53. The average molecular weight is 306 g/mol. The van der Waals surface area contributed by atoms with E-state index >= 15 is 0 Å². The van der Waals surface area contributed by atoms with Gasteiger partial charge in [-0.25, -0.2) is 0 Å². The molecule has 2 N–H and O–H groups in total. The third-order valence-electron chi connectivity index (χ3n) is 2.55. The summed E-state index contributed by atoms with van der Waals surface area (Å²) in [5.74, 6) is -4.59. The van der Waals surface area contributed by atoms with Crippen molar-refractivity contribution in [2.24, 2.45) is 5.73 Å². The van der Waals surface area contributed by atoms with Crippen molar-refractivity contribution in [1.82, 2.24) is 0 Å². The SMILES string of the molecule is COc1ccc([C@@H](N)C(F)(F)C(F)(F)F)cc1C.Cl. The molecule has 2 nitrogen and oxygen atoms in total. The van der Waals surface area contributed by atoms with Gasteiger partial charge in [-0.3, -0.25) is 0 Å². The Morgan fingerprint density at radius 1 is 1.16 bits per heavy atom. The van der Waals surface area contributed by atoms with E-state index in [2.05, 4.69) is 0 Å². The van der Waals surface area contributed by atoms with E-state index in [1.54, 1.807) is 0 Å². The third kappa shape index (κ3) is 3.48. The first-order valence-electron chi connectivity index (χ1n) is 4.96. The molecule has 8 heteroatoms. The van der Waals surface area contributed by atoms with Crippen molar-refractivity contribution in [3.8, 4) is 5.75 Å². The van der Waals surface area contributed by atoms with Crippen molar-refractivity contribution in [2.45, 2.75) is 25.1 Å². The van der Waals surface area contributed by atoms with Crippen LogP contribution in [-0.2, 0) is 0 Å². The summed E-state index contributed by atoms with van der Waals surface area (Å²) in [5, 5.41) is 0. The third-order valence-corrected chi connectivity index (χ3v) is 2.55. The Kier molecular flexibility index (Phi) is 5.58. The number of ether oxygens (including phenoxy) is 1. The van der Waals surface area contributed by atoms with Crippen LogP contribution in [0.4, 0.5) is 22.0 Å². The highest BCUT2D eigenvalue weighted by molar-refractivity contribution is 5.85. The summed E-state index contributed by atoms with van der Waals surface area (Å²) in [7, 11) is 1.37. The first-order valence-corrected chi connectivity index (χ1v) is 4.96. The first kappa shape index (κ1) is 17.9. The topological polar surface area (TPSA) is 35.2 Å². The van der Waals surface area contributed by atoms with Crippen LogP contribution in [0.1, 0.15) is 17.2 Å². The summed E-state index contributed by atoms with van der Waals surface area (Å²) >= 11 is 0. The van der Waals surface area contributed by atoms with Gasteiger partial charge in [-0.05, 0) is 24.1 Å². The lowest BCUT2D eigenvalue weighted by Gasteiger charge is -2.26. The van der Waals surface area contributed by atoms with E-state index in [0.717, 1.165) is 12.1 Å². The smallest absolute Gasteiger partial charge is 0.455 e. The van der Waals surface area contributed by atoms with Crippen LogP contribution in [0.25, 0.3) is 0 Å². The fourth-order valence-electron chi connectivity index (χ4n) is 1.48. The highest BCUT2D eigenvalue weighted by Gasteiger charge is 2.61. The quantitative estimate of drug-likeness (QED) is 0.866. The molecule has 1 atom stereocenters. The van der Waals surface area contributed by atoms with Crippen LogP contribution < -0.4 is 10.5 Å². The molecule has 0 saturated carbocycles. The summed E-state index contributed by atoms with van der Waals surface area (Å²) in [6.07, 6.45) is -5.68. The zero-order valence-corrected chi connectivity index (χ0v) is 10.9. The minimum Gasteiger partial charge on any atom is -0.496 e. The highest BCUT2D eigenvalue weighted by Crippen LogP contribution is 2.43. The Hall–Kier alpha value is -1.08. The molecule has 0 spiro atoms. The van der Waals surface area contributed by atoms with Gasteiger partial charge in [-0.2, -0.15) is 22.0 Å². The van der Waals surface area contributed by atoms with Gasteiger partial charge in [-0.15, -0.1) is 12.4 Å². The average Bonchev–Trinajstić information content (AvgIpc) is 2.26. The summed E-state index contributed by atoms with van der Waals surface area (Å²) in [4.78, 5) is 0. The molecule has 1 rings (SSSR count). The maximum atomic E-state index is 13.0. The molecule has 0 amide bonds. The van der Waals surface area contributed by atoms with Crippen molar-refractivity contribution in [3.63, 3.8) is 0 Å². The number of methoxy groups -OCH3 is 1. The molecule has 0 unspecified atom stereocenters. The maximum absolute atomic E-state index is 13.0. The minimum absolute atomic E-state index is 0. The molecule has 0 aromatic heterocycles. The largest absolute Gasteiger partial charge is 0.496 e. The molecule has 0 aliphatic carbocycles. The Balaban J connectivity index is 0.00000324.